The van der Waals surface area contributed by atoms with Crippen molar-refractivity contribution in [3.63, 3.8) is 0 Å². The van der Waals surface area contributed by atoms with E-state index in [0.29, 0.717) is 5.92 Å². The van der Waals surface area contributed by atoms with Crippen molar-refractivity contribution in [1.29, 1.82) is 0 Å². The van der Waals surface area contributed by atoms with Gasteiger partial charge in [0.2, 0.25) is 0 Å². The summed E-state index contributed by atoms with van der Waals surface area (Å²) in [6.07, 6.45) is 3.17. The molecule has 0 radical (unpaired) electrons. The van der Waals surface area contributed by atoms with Gasteiger partial charge in [0, 0.05) is 17.7 Å². The molecule has 27 heavy (non-hydrogen) atoms. The minimum Gasteiger partial charge on any atom is -0.449 e. The van der Waals surface area contributed by atoms with Crippen LogP contribution in [0.15, 0.2) is 48.7 Å². The number of carbonyl (C=O) groups is 2. The lowest BCUT2D eigenvalue weighted by molar-refractivity contribution is 0.132. The van der Waals surface area contributed by atoms with Gasteiger partial charge in [-0.15, -0.1) is 0 Å². The Hall–Kier alpha value is -3.09. The molecule has 0 aliphatic heterocycles. The van der Waals surface area contributed by atoms with Crippen molar-refractivity contribution in [1.82, 2.24) is 10.3 Å². The molecule has 3 rings (SSSR count). The largest absolute Gasteiger partial charge is 0.511 e. The van der Waals surface area contributed by atoms with E-state index in [0.717, 1.165) is 36.9 Å². The van der Waals surface area contributed by atoms with E-state index in [9.17, 15) is 9.59 Å². The van der Waals surface area contributed by atoms with Gasteiger partial charge in [-0.2, -0.15) is 0 Å². The van der Waals surface area contributed by atoms with E-state index in [1.54, 1.807) is 12.1 Å². The zero-order valence-electron chi connectivity index (χ0n) is 14.8. The molecule has 0 atom stereocenters. The average Bonchev–Trinajstić information content (AvgIpc) is 2.68. The zero-order valence-corrected chi connectivity index (χ0v) is 14.8. The Kier molecular flexibility index (Phi) is 6.25. The number of pyridine rings is 1. The fraction of sp³-hybridized carbons (Fsp3) is 0.350. The number of ether oxygens (including phenoxy) is 2. The summed E-state index contributed by atoms with van der Waals surface area (Å²) in [5.74, 6) is 0.505. The highest BCUT2D eigenvalue weighted by molar-refractivity contribution is 5.67. The molecule has 1 fully saturated rings. The molecule has 1 heterocycles. The summed E-state index contributed by atoms with van der Waals surface area (Å²) in [6, 6.07) is 13.1. The minimum absolute atomic E-state index is 0.0964. The number of rotatable bonds is 5. The van der Waals surface area contributed by atoms with Crippen LogP contribution in [-0.4, -0.2) is 28.4 Å². The Labute approximate surface area is 157 Å². The lowest BCUT2D eigenvalue weighted by atomic mass is 9.84. The quantitative estimate of drug-likeness (QED) is 0.769. The van der Waals surface area contributed by atoms with Gasteiger partial charge in [0.15, 0.2) is 5.75 Å². The fourth-order valence-corrected chi connectivity index (χ4v) is 3.26. The van der Waals surface area contributed by atoms with Crippen LogP contribution in [0.1, 0.15) is 42.9 Å². The van der Waals surface area contributed by atoms with Crippen LogP contribution in [-0.2, 0) is 11.3 Å². The molecule has 0 saturated heterocycles. The molecule has 1 aliphatic rings. The van der Waals surface area contributed by atoms with Crippen molar-refractivity contribution in [2.24, 2.45) is 0 Å². The zero-order chi connectivity index (χ0) is 19.1. The SMILES string of the molecule is O=C(O)Oc1ccc(C2CCC(NC(=O)OCc3ccccc3)CC2)nc1. The number of hydrogen-bond donors (Lipinski definition) is 2. The Morgan fingerprint density at radius 2 is 1.81 bits per heavy atom. The predicted molar refractivity (Wildman–Crippen MR) is 97.6 cm³/mol. The smallest absolute Gasteiger partial charge is 0.449 e. The van der Waals surface area contributed by atoms with Gasteiger partial charge in [-0.05, 0) is 43.4 Å². The molecular formula is C20H22N2O5. The lowest BCUT2D eigenvalue weighted by Gasteiger charge is -2.28. The Morgan fingerprint density at radius 1 is 1.07 bits per heavy atom. The number of nitrogens with one attached hydrogen (secondary N) is 1. The topological polar surface area (TPSA) is 97.8 Å². The maximum absolute atomic E-state index is 12.0. The maximum Gasteiger partial charge on any atom is 0.511 e. The normalized spacial score (nSPS) is 19.1. The molecule has 1 aliphatic carbocycles. The van der Waals surface area contributed by atoms with Crippen LogP contribution in [0.3, 0.4) is 0 Å². The van der Waals surface area contributed by atoms with E-state index in [-0.39, 0.29) is 18.4 Å². The van der Waals surface area contributed by atoms with Crippen LogP contribution in [0, 0.1) is 0 Å². The van der Waals surface area contributed by atoms with Gasteiger partial charge in [-0.3, -0.25) is 4.98 Å². The highest BCUT2D eigenvalue weighted by Gasteiger charge is 2.24. The molecule has 7 nitrogen and oxygen atoms in total. The van der Waals surface area contributed by atoms with Crippen LogP contribution in [0.4, 0.5) is 9.59 Å². The second-order valence-electron chi connectivity index (χ2n) is 6.54. The third-order valence-corrected chi connectivity index (χ3v) is 4.64. The average molecular weight is 370 g/mol. The summed E-state index contributed by atoms with van der Waals surface area (Å²) in [7, 11) is 0. The molecule has 0 spiro atoms. The summed E-state index contributed by atoms with van der Waals surface area (Å²) >= 11 is 0. The molecule has 0 bridgehead atoms. The van der Waals surface area contributed by atoms with E-state index < -0.39 is 12.2 Å². The van der Waals surface area contributed by atoms with Gasteiger partial charge in [-0.25, -0.2) is 9.59 Å². The van der Waals surface area contributed by atoms with Crippen molar-refractivity contribution in [3.05, 3.63) is 59.9 Å². The third-order valence-electron chi connectivity index (χ3n) is 4.64. The van der Waals surface area contributed by atoms with Gasteiger partial charge in [0.25, 0.3) is 0 Å². The number of benzene rings is 1. The van der Waals surface area contributed by atoms with Crippen molar-refractivity contribution in [2.75, 3.05) is 0 Å². The summed E-state index contributed by atoms with van der Waals surface area (Å²) in [5, 5.41) is 11.5. The molecule has 7 heteroatoms. The summed E-state index contributed by atoms with van der Waals surface area (Å²) in [5.41, 5.74) is 1.87. The maximum atomic E-state index is 12.0. The third kappa shape index (κ3) is 5.70. The predicted octanol–water partition coefficient (Wildman–Crippen LogP) is 4.09. The number of alkyl carbamates (subject to hydrolysis) is 1. The van der Waals surface area contributed by atoms with Crippen LogP contribution in [0.2, 0.25) is 0 Å². The number of hydrogen-bond acceptors (Lipinski definition) is 5. The highest BCUT2D eigenvalue weighted by atomic mass is 16.7. The van der Waals surface area contributed by atoms with Crippen LogP contribution < -0.4 is 10.1 Å². The van der Waals surface area contributed by atoms with Crippen LogP contribution >= 0.6 is 0 Å². The molecule has 1 amide bonds. The molecule has 1 saturated carbocycles. The molecule has 1 aromatic carbocycles. The molecular weight excluding hydrogens is 348 g/mol. The number of carboxylic acid groups (broad SMARTS) is 1. The van der Waals surface area contributed by atoms with Crippen LogP contribution in [0.25, 0.3) is 0 Å². The second kappa shape index (κ2) is 9.02. The lowest BCUT2D eigenvalue weighted by Crippen LogP contribution is -2.37. The monoisotopic (exact) mass is 370 g/mol. The second-order valence-corrected chi connectivity index (χ2v) is 6.54. The van der Waals surface area contributed by atoms with Gasteiger partial charge < -0.3 is 19.9 Å². The Bertz CT molecular complexity index is 756. The number of amides is 1. The van der Waals surface area contributed by atoms with E-state index in [4.69, 9.17) is 9.84 Å². The first-order valence-corrected chi connectivity index (χ1v) is 8.94. The van der Waals surface area contributed by atoms with Gasteiger partial charge in [-0.1, -0.05) is 30.3 Å². The summed E-state index contributed by atoms with van der Waals surface area (Å²) < 4.78 is 9.83. The van der Waals surface area contributed by atoms with Crippen molar-refractivity contribution < 1.29 is 24.2 Å². The fourth-order valence-electron chi connectivity index (χ4n) is 3.26. The first kappa shape index (κ1) is 18.7. The molecule has 2 aromatic rings. The van der Waals surface area contributed by atoms with Crippen molar-refractivity contribution >= 4 is 12.2 Å². The van der Waals surface area contributed by atoms with Gasteiger partial charge in [0.05, 0.1) is 6.20 Å². The highest BCUT2D eigenvalue weighted by Crippen LogP contribution is 2.32. The van der Waals surface area contributed by atoms with Crippen molar-refractivity contribution in [3.8, 4) is 5.75 Å². The van der Waals surface area contributed by atoms with E-state index in [2.05, 4.69) is 15.0 Å². The van der Waals surface area contributed by atoms with Gasteiger partial charge in [0.1, 0.15) is 6.61 Å². The van der Waals surface area contributed by atoms with Crippen LogP contribution in [0.5, 0.6) is 5.75 Å². The first-order chi connectivity index (χ1) is 13.1. The minimum atomic E-state index is -1.35. The molecule has 142 valence electrons. The standard InChI is InChI=1S/C20H22N2O5/c23-19(26-13-14-4-2-1-3-5-14)22-16-8-6-15(7-9-16)18-11-10-17(12-21-18)27-20(24)25/h1-5,10-12,15-16H,6-9,13H2,(H,22,23)(H,24,25). The van der Waals surface area contributed by atoms with E-state index >= 15 is 0 Å². The Morgan fingerprint density at radius 3 is 2.44 bits per heavy atom. The number of aromatic nitrogens is 1. The molecule has 0 unspecified atom stereocenters. The molecule has 1 aromatic heterocycles. The Balaban J connectivity index is 1.42. The number of carbonyl (C=O) groups excluding carboxylic acids is 1. The molecule has 2 N–H and O–H groups in total. The summed E-state index contributed by atoms with van der Waals surface area (Å²) in [6.45, 7) is 0.261. The number of nitrogens with zero attached hydrogens (tertiary/aromatic N) is 1. The van der Waals surface area contributed by atoms with E-state index in [1.807, 2.05) is 30.3 Å². The van der Waals surface area contributed by atoms with Crippen molar-refractivity contribution in [2.45, 2.75) is 44.2 Å². The summed E-state index contributed by atoms with van der Waals surface area (Å²) in [4.78, 5) is 26.8. The van der Waals surface area contributed by atoms with Gasteiger partial charge >= 0.3 is 12.2 Å². The van der Waals surface area contributed by atoms with E-state index in [1.165, 1.54) is 6.20 Å². The first-order valence-electron chi connectivity index (χ1n) is 8.94.